The van der Waals surface area contributed by atoms with E-state index in [1.807, 2.05) is 0 Å². The van der Waals surface area contributed by atoms with E-state index >= 15 is 0 Å². The smallest absolute Gasteiger partial charge is 0.404 e. The maximum atomic E-state index is 13.7. The fourth-order valence-corrected chi connectivity index (χ4v) is 5.40. The average molecular weight is 423 g/mol. The predicted molar refractivity (Wildman–Crippen MR) is 107 cm³/mol. The Morgan fingerprint density at radius 1 is 1.28 bits per heavy atom. The Balaban J connectivity index is 1.26. The first-order chi connectivity index (χ1) is 13.6. The molecular formula is C20H25BClFN2O4. The Morgan fingerprint density at radius 3 is 2.76 bits per heavy atom. The van der Waals surface area contributed by atoms with Crippen LogP contribution in [0.1, 0.15) is 44.0 Å². The summed E-state index contributed by atoms with van der Waals surface area (Å²) < 4.78 is 26.0. The molecule has 1 aromatic carbocycles. The highest BCUT2D eigenvalue weighted by atomic mass is 35.5. The molecule has 1 aliphatic heterocycles. The van der Waals surface area contributed by atoms with Crippen molar-refractivity contribution in [1.29, 1.82) is 0 Å². The van der Waals surface area contributed by atoms with Crippen LogP contribution in [-0.4, -0.2) is 43.6 Å². The minimum Gasteiger partial charge on any atom is -0.404 e. The minimum atomic E-state index is -0.700. The van der Waals surface area contributed by atoms with Gasteiger partial charge in [0.15, 0.2) is 0 Å². The van der Waals surface area contributed by atoms with Gasteiger partial charge in [0.1, 0.15) is 5.82 Å². The number of carbonyl (C=O) groups is 2. The largest absolute Gasteiger partial charge is 0.478 e. The summed E-state index contributed by atoms with van der Waals surface area (Å²) in [5.74, 6) is -0.695. The molecule has 2 bridgehead atoms. The molecule has 1 aromatic rings. The monoisotopic (exact) mass is 422 g/mol. The topological polar surface area (TPSA) is 76.7 Å². The first kappa shape index (κ1) is 20.6. The number of amides is 2. The van der Waals surface area contributed by atoms with Crippen LogP contribution in [0.3, 0.4) is 0 Å². The molecule has 1 heterocycles. The molecule has 29 heavy (non-hydrogen) atoms. The Kier molecular flexibility index (Phi) is 5.16. The van der Waals surface area contributed by atoms with E-state index in [0.717, 1.165) is 18.9 Å². The quantitative estimate of drug-likeness (QED) is 0.715. The molecule has 0 aromatic heterocycles. The number of nitrogens with one attached hydrogen (secondary N) is 2. The van der Waals surface area contributed by atoms with Crippen LogP contribution in [-0.2, 0) is 14.1 Å². The van der Waals surface area contributed by atoms with Crippen molar-refractivity contribution in [3.63, 3.8) is 0 Å². The van der Waals surface area contributed by atoms with Gasteiger partial charge in [0.25, 0.3) is 5.91 Å². The molecule has 5 rings (SSSR count). The number of hydrogen-bond donors (Lipinski definition) is 2. The van der Waals surface area contributed by atoms with Crippen molar-refractivity contribution in [1.82, 2.24) is 10.6 Å². The molecule has 3 aliphatic carbocycles. The number of halogens is 2. The van der Waals surface area contributed by atoms with E-state index in [1.54, 1.807) is 0 Å². The lowest BCUT2D eigenvalue weighted by Gasteiger charge is -2.64. The van der Waals surface area contributed by atoms with Crippen LogP contribution in [0.4, 0.5) is 4.39 Å². The summed E-state index contributed by atoms with van der Waals surface area (Å²) in [6.07, 6.45) is 2.39. The zero-order chi connectivity index (χ0) is 21.0. The molecule has 9 heteroatoms. The molecule has 0 radical (unpaired) electrons. The molecular weight excluding hydrogens is 397 g/mol. The number of benzene rings is 1. The third-order valence-electron chi connectivity index (χ3n) is 7.05. The molecule has 1 unspecified atom stereocenters. The molecule has 1 saturated heterocycles. The van der Waals surface area contributed by atoms with Crippen LogP contribution in [0.15, 0.2) is 18.2 Å². The SMILES string of the molecule is CC1(C)C2C[C@H]3OB(CNC(=O)CNC(=O)c4cc(Cl)ccc4F)O[C@@]3(C)[C@H]1C2. The molecule has 156 valence electrons. The van der Waals surface area contributed by atoms with Crippen molar-refractivity contribution in [2.45, 2.75) is 45.3 Å². The van der Waals surface area contributed by atoms with Crippen LogP contribution >= 0.6 is 11.6 Å². The summed E-state index contributed by atoms with van der Waals surface area (Å²) in [7, 11) is -0.509. The van der Waals surface area contributed by atoms with Crippen molar-refractivity contribution in [2.75, 3.05) is 13.0 Å². The van der Waals surface area contributed by atoms with Crippen LogP contribution in [0.2, 0.25) is 5.02 Å². The third-order valence-corrected chi connectivity index (χ3v) is 7.29. The second kappa shape index (κ2) is 7.25. The van der Waals surface area contributed by atoms with E-state index in [9.17, 15) is 14.0 Å². The zero-order valence-electron chi connectivity index (χ0n) is 16.8. The summed E-state index contributed by atoms with van der Waals surface area (Å²) in [5, 5.41) is 5.35. The lowest BCUT2D eigenvalue weighted by molar-refractivity contribution is -0.199. The van der Waals surface area contributed by atoms with Crippen molar-refractivity contribution in [3.8, 4) is 0 Å². The maximum Gasteiger partial charge on any atom is 0.478 e. The molecule has 4 atom stereocenters. The van der Waals surface area contributed by atoms with Gasteiger partial charge >= 0.3 is 7.12 Å². The first-order valence-corrected chi connectivity index (χ1v) is 10.3. The summed E-state index contributed by atoms with van der Waals surface area (Å²) in [5.41, 5.74) is -0.273. The molecule has 4 aliphatic rings. The standard InChI is InChI=1S/C20H25BClFN2O4/c1-19(2)11-6-15(19)20(3)16(7-11)28-21(29-20)10-25-17(26)9-24-18(27)13-8-12(22)4-5-14(13)23/h4-5,8,11,15-16H,6-7,9-10H2,1-3H3,(H,24,27)(H,25,26)/t11?,15-,16+,20-/m0/s1. The zero-order valence-corrected chi connectivity index (χ0v) is 17.5. The first-order valence-electron chi connectivity index (χ1n) is 9.94. The van der Waals surface area contributed by atoms with Gasteiger partial charge in [-0.25, -0.2) is 4.39 Å². The van der Waals surface area contributed by atoms with Crippen LogP contribution in [0, 0.1) is 23.1 Å². The second-order valence-electron chi connectivity index (χ2n) is 9.01. The minimum absolute atomic E-state index is 0.0479. The van der Waals surface area contributed by atoms with Crippen molar-refractivity contribution >= 4 is 30.5 Å². The Morgan fingerprint density at radius 2 is 2.03 bits per heavy atom. The van der Waals surface area contributed by atoms with Crippen LogP contribution in [0.5, 0.6) is 0 Å². The molecule has 2 amide bonds. The molecule has 3 saturated carbocycles. The van der Waals surface area contributed by atoms with Gasteiger partial charge in [0.2, 0.25) is 5.91 Å². The molecule has 2 N–H and O–H groups in total. The third kappa shape index (κ3) is 3.55. The average Bonchev–Trinajstić information content (AvgIpc) is 3.02. The van der Waals surface area contributed by atoms with Gasteiger partial charge in [0, 0.05) is 5.02 Å². The highest BCUT2D eigenvalue weighted by Crippen LogP contribution is 2.65. The predicted octanol–water partition coefficient (Wildman–Crippen LogP) is 2.59. The number of hydrogen-bond acceptors (Lipinski definition) is 4. The van der Waals surface area contributed by atoms with Gasteiger partial charge in [-0.1, -0.05) is 25.4 Å². The number of rotatable bonds is 5. The molecule has 4 fully saturated rings. The lowest BCUT2D eigenvalue weighted by Crippen LogP contribution is -2.65. The van der Waals surface area contributed by atoms with Crippen molar-refractivity contribution < 1.29 is 23.3 Å². The van der Waals surface area contributed by atoms with E-state index < -0.39 is 24.7 Å². The summed E-state index contributed by atoms with van der Waals surface area (Å²) in [4.78, 5) is 24.2. The van der Waals surface area contributed by atoms with Gasteiger partial charge in [-0.15, -0.1) is 0 Å². The van der Waals surface area contributed by atoms with Crippen LogP contribution in [0.25, 0.3) is 0 Å². The van der Waals surface area contributed by atoms with Gasteiger partial charge in [-0.3, -0.25) is 9.59 Å². The number of carbonyl (C=O) groups excluding carboxylic acids is 2. The fourth-order valence-electron chi connectivity index (χ4n) is 5.23. The van der Waals surface area contributed by atoms with Crippen molar-refractivity contribution in [3.05, 3.63) is 34.6 Å². The highest BCUT2D eigenvalue weighted by Gasteiger charge is 2.67. The van der Waals surface area contributed by atoms with Gasteiger partial charge in [-0.05, 0) is 55.2 Å². The lowest BCUT2D eigenvalue weighted by atomic mass is 9.43. The Hall–Kier alpha value is -1.64. The summed E-state index contributed by atoms with van der Waals surface area (Å²) >= 11 is 5.79. The summed E-state index contributed by atoms with van der Waals surface area (Å²) in [6.45, 7) is 6.41. The Labute approximate surface area is 175 Å². The normalized spacial score (nSPS) is 31.6. The van der Waals surface area contributed by atoms with E-state index in [4.69, 9.17) is 20.9 Å². The van der Waals surface area contributed by atoms with Crippen LogP contribution < -0.4 is 10.6 Å². The van der Waals surface area contributed by atoms with E-state index in [1.165, 1.54) is 12.1 Å². The fraction of sp³-hybridized carbons (Fsp3) is 0.600. The summed E-state index contributed by atoms with van der Waals surface area (Å²) in [6, 6.07) is 3.68. The van der Waals surface area contributed by atoms with Crippen molar-refractivity contribution in [2.24, 2.45) is 17.3 Å². The Bertz CT molecular complexity index is 854. The second-order valence-corrected chi connectivity index (χ2v) is 9.45. The van der Waals surface area contributed by atoms with Gasteiger partial charge in [0.05, 0.1) is 30.3 Å². The molecule has 0 spiro atoms. The maximum absolute atomic E-state index is 13.7. The van der Waals surface area contributed by atoms with E-state index in [0.29, 0.717) is 11.8 Å². The van der Waals surface area contributed by atoms with E-state index in [-0.39, 0.29) is 40.7 Å². The van der Waals surface area contributed by atoms with Gasteiger partial charge in [-0.2, -0.15) is 0 Å². The van der Waals surface area contributed by atoms with Gasteiger partial charge < -0.3 is 19.9 Å². The molecule has 6 nitrogen and oxygen atoms in total. The highest BCUT2D eigenvalue weighted by molar-refractivity contribution is 6.46. The van der Waals surface area contributed by atoms with E-state index in [2.05, 4.69) is 31.4 Å².